The minimum atomic E-state index is -4.52. The standard InChI is InChI=1S/C13H16F3NO3S/c1-7(18)21-5-4-11(19)12(20)9-3-2-8(6-10(9)17)13(14,15)16/h2-3,6,11-12,19-20H,4-5,17H2,1H3. The van der Waals surface area contributed by atoms with Crippen LogP contribution in [0.2, 0.25) is 0 Å². The fourth-order valence-electron chi connectivity index (χ4n) is 1.71. The Bertz CT molecular complexity index is 508. The van der Waals surface area contributed by atoms with Crippen molar-refractivity contribution in [3.05, 3.63) is 29.3 Å². The van der Waals surface area contributed by atoms with E-state index in [-0.39, 0.29) is 22.8 Å². The second kappa shape index (κ2) is 7.15. The van der Waals surface area contributed by atoms with E-state index in [1.54, 1.807) is 0 Å². The van der Waals surface area contributed by atoms with Crippen molar-refractivity contribution < 1.29 is 28.2 Å². The van der Waals surface area contributed by atoms with Crippen molar-refractivity contribution in [2.45, 2.75) is 31.7 Å². The summed E-state index contributed by atoms with van der Waals surface area (Å²) in [6.07, 6.45) is -7.02. The molecule has 4 nitrogen and oxygen atoms in total. The van der Waals surface area contributed by atoms with Crippen molar-refractivity contribution >= 4 is 22.6 Å². The Balaban J connectivity index is 2.78. The monoisotopic (exact) mass is 323 g/mol. The Morgan fingerprint density at radius 1 is 1.38 bits per heavy atom. The quantitative estimate of drug-likeness (QED) is 0.725. The summed E-state index contributed by atoms with van der Waals surface area (Å²) < 4.78 is 37.5. The van der Waals surface area contributed by atoms with E-state index in [9.17, 15) is 28.2 Å². The molecule has 0 aliphatic rings. The first-order chi connectivity index (χ1) is 9.62. The molecule has 2 atom stereocenters. The average molecular weight is 323 g/mol. The molecule has 8 heteroatoms. The number of carbonyl (C=O) groups is 1. The zero-order valence-electron chi connectivity index (χ0n) is 11.2. The maximum absolute atomic E-state index is 12.5. The van der Waals surface area contributed by atoms with E-state index < -0.39 is 23.9 Å². The number of anilines is 1. The van der Waals surface area contributed by atoms with Gasteiger partial charge in [-0.05, 0) is 18.6 Å². The van der Waals surface area contributed by atoms with Gasteiger partial charge in [0.15, 0.2) is 5.12 Å². The highest BCUT2D eigenvalue weighted by atomic mass is 32.2. The van der Waals surface area contributed by atoms with Crippen LogP contribution in [0.25, 0.3) is 0 Å². The molecular weight excluding hydrogens is 307 g/mol. The minimum Gasteiger partial charge on any atom is -0.398 e. The summed E-state index contributed by atoms with van der Waals surface area (Å²) in [4.78, 5) is 10.7. The molecule has 118 valence electrons. The molecule has 1 aromatic carbocycles. The van der Waals surface area contributed by atoms with E-state index in [0.717, 1.165) is 30.0 Å². The lowest BCUT2D eigenvalue weighted by atomic mass is 9.99. The molecule has 21 heavy (non-hydrogen) atoms. The lowest BCUT2D eigenvalue weighted by molar-refractivity contribution is -0.137. The summed E-state index contributed by atoms with van der Waals surface area (Å²) >= 11 is 0.992. The van der Waals surface area contributed by atoms with Crippen LogP contribution in [0.4, 0.5) is 18.9 Å². The van der Waals surface area contributed by atoms with E-state index in [2.05, 4.69) is 0 Å². The largest absolute Gasteiger partial charge is 0.416 e. The molecule has 0 heterocycles. The van der Waals surface area contributed by atoms with Gasteiger partial charge in [-0.2, -0.15) is 13.2 Å². The SMILES string of the molecule is CC(=O)SCCC(O)C(O)c1ccc(C(F)(F)F)cc1N. The molecule has 0 fully saturated rings. The second-order valence-corrected chi connectivity index (χ2v) is 5.75. The zero-order chi connectivity index (χ0) is 16.2. The van der Waals surface area contributed by atoms with E-state index in [0.29, 0.717) is 5.75 Å². The van der Waals surface area contributed by atoms with Crippen molar-refractivity contribution in [3.8, 4) is 0 Å². The van der Waals surface area contributed by atoms with Crippen LogP contribution in [0, 0.1) is 0 Å². The third-order valence-electron chi connectivity index (χ3n) is 2.82. The fraction of sp³-hybridized carbons (Fsp3) is 0.462. The predicted octanol–water partition coefficient (Wildman–Crippen LogP) is 2.35. The number of aliphatic hydroxyl groups excluding tert-OH is 2. The number of hydrogen-bond acceptors (Lipinski definition) is 5. The molecule has 0 saturated carbocycles. The molecule has 4 N–H and O–H groups in total. The number of rotatable bonds is 5. The van der Waals surface area contributed by atoms with E-state index in [1.807, 2.05) is 0 Å². The number of alkyl halides is 3. The van der Waals surface area contributed by atoms with Gasteiger partial charge in [-0.3, -0.25) is 4.79 Å². The number of benzene rings is 1. The number of aliphatic hydroxyl groups is 2. The Labute approximate surface area is 124 Å². The fourth-order valence-corrected chi connectivity index (χ4v) is 2.36. The topological polar surface area (TPSA) is 83.5 Å². The first-order valence-corrected chi connectivity index (χ1v) is 7.07. The van der Waals surface area contributed by atoms with Crippen molar-refractivity contribution in [3.63, 3.8) is 0 Å². The van der Waals surface area contributed by atoms with Crippen LogP contribution in [-0.2, 0) is 11.0 Å². The Hall–Kier alpha value is -1.25. The highest BCUT2D eigenvalue weighted by molar-refractivity contribution is 8.13. The number of hydrogen-bond donors (Lipinski definition) is 3. The highest BCUT2D eigenvalue weighted by Crippen LogP contribution is 2.33. The number of nitrogens with two attached hydrogens (primary N) is 1. The van der Waals surface area contributed by atoms with Crippen molar-refractivity contribution in [2.24, 2.45) is 0 Å². The smallest absolute Gasteiger partial charge is 0.398 e. The molecule has 2 unspecified atom stereocenters. The van der Waals surface area contributed by atoms with Gasteiger partial charge < -0.3 is 15.9 Å². The second-order valence-electron chi connectivity index (χ2n) is 4.48. The van der Waals surface area contributed by atoms with Crippen LogP contribution in [0.3, 0.4) is 0 Å². The number of halogens is 3. The van der Waals surface area contributed by atoms with Gasteiger partial charge in [-0.25, -0.2) is 0 Å². The molecule has 0 amide bonds. The molecule has 0 aliphatic carbocycles. The third-order valence-corrected chi connectivity index (χ3v) is 3.66. The van der Waals surface area contributed by atoms with Crippen LogP contribution < -0.4 is 5.73 Å². The Kier molecular flexibility index (Phi) is 6.06. The summed E-state index contributed by atoms with van der Waals surface area (Å²) in [6, 6.07) is 2.56. The molecule has 0 spiro atoms. The summed E-state index contributed by atoms with van der Waals surface area (Å²) in [5.74, 6) is 0.300. The maximum atomic E-state index is 12.5. The Morgan fingerprint density at radius 2 is 2.00 bits per heavy atom. The lowest BCUT2D eigenvalue weighted by Crippen LogP contribution is -2.20. The number of thioether (sulfide) groups is 1. The van der Waals surface area contributed by atoms with Gasteiger partial charge in [-0.1, -0.05) is 17.8 Å². The molecule has 0 bridgehead atoms. The number of carbonyl (C=O) groups excluding carboxylic acids is 1. The van der Waals surface area contributed by atoms with Crippen LogP contribution in [-0.4, -0.2) is 27.2 Å². The highest BCUT2D eigenvalue weighted by Gasteiger charge is 2.31. The molecule has 0 saturated heterocycles. The summed E-state index contributed by atoms with van der Waals surface area (Å²) in [7, 11) is 0. The summed E-state index contributed by atoms with van der Waals surface area (Å²) in [5, 5.41) is 19.6. The lowest BCUT2D eigenvalue weighted by Gasteiger charge is -2.20. The van der Waals surface area contributed by atoms with E-state index in [4.69, 9.17) is 5.73 Å². The zero-order valence-corrected chi connectivity index (χ0v) is 12.0. The van der Waals surface area contributed by atoms with Crippen molar-refractivity contribution in [2.75, 3.05) is 11.5 Å². The normalized spacial score (nSPS) is 14.8. The van der Waals surface area contributed by atoms with Crippen molar-refractivity contribution in [1.82, 2.24) is 0 Å². The van der Waals surface area contributed by atoms with Crippen molar-refractivity contribution in [1.29, 1.82) is 0 Å². The maximum Gasteiger partial charge on any atom is 0.416 e. The molecule has 0 aromatic heterocycles. The van der Waals surface area contributed by atoms with Gasteiger partial charge >= 0.3 is 6.18 Å². The summed E-state index contributed by atoms with van der Waals surface area (Å²) in [6.45, 7) is 1.38. The molecule has 0 aliphatic heterocycles. The third kappa shape index (κ3) is 5.22. The van der Waals surface area contributed by atoms with Crippen LogP contribution in [0.1, 0.15) is 30.6 Å². The first-order valence-electron chi connectivity index (χ1n) is 6.09. The van der Waals surface area contributed by atoms with Gasteiger partial charge in [0.1, 0.15) is 6.10 Å². The molecule has 0 radical (unpaired) electrons. The average Bonchev–Trinajstić information content (AvgIpc) is 2.36. The molecular formula is C13H16F3NO3S. The van der Waals surface area contributed by atoms with Crippen LogP contribution >= 0.6 is 11.8 Å². The molecule has 1 aromatic rings. The molecule has 1 rings (SSSR count). The van der Waals surface area contributed by atoms with Gasteiger partial charge in [-0.15, -0.1) is 0 Å². The first kappa shape index (κ1) is 17.8. The van der Waals surface area contributed by atoms with Crippen LogP contribution in [0.5, 0.6) is 0 Å². The van der Waals surface area contributed by atoms with E-state index >= 15 is 0 Å². The van der Waals surface area contributed by atoms with Gasteiger partial charge in [0.25, 0.3) is 0 Å². The Morgan fingerprint density at radius 3 is 2.48 bits per heavy atom. The van der Waals surface area contributed by atoms with Gasteiger partial charge in [0.05, 0.1) is 11.7 Å². The van der Waals surface area contributed by atoms with E-state index in [1.165, 1.54) is 6.92 Å². The van der Waals surface area contributed by atoms with Gasteiger partial charge in [0, 0.05) is 23.9 Å². The number of nitrogen functional groups attached to an aromatic ring is 1. The predicted molar refractivity (Wildman–Crippen MR) is 74.6 cm³/mol. The minimum absolute atomic E-state index is 0.0309. The van der Waals surface area contributed by atoms with Gasteiger partial charge in [0.2, 0.25) is 0 Å². The van der Waals surface area contributed by atoms with Crippen LogP contribution in [0.15, 0.2) is 18.2 Å². The summed E-state index contributed by atoms with van der Waals surface area (Å²) in [5.41, 5.74) is 4.37.